The first kappa shape index (κ1) is 15.9. The van der Waals surface area contributed by atoms with Crippen LogP contribution in [0.15, 0.2) is 12.4 Å². The molecule has 1 aromatic heterocycles. The average Bonchev–Trinajstić information content (AvgIpc) is 2.66. The van der Waals surface area contributed by atoms with Gasteiger partial charge in [0.1, 0.15) is 0 Å². The summed E-state index contributed by atoms with van der Waals surface area (Å²) >= 11 is 0. The van der Waals surface area contributed by atoms with Crippen LogP contribution in [0.4, 0.5) is 0 Å². The molecule has 17 heavy (non-hydrogen) atoms. The van der Waals surface area contributed by atoms with Crippen molar-refractivity contribution in [1.82, 2.24) is 15.1 Å². The molecule has 0 unspecified atom stereocenters. The first-order valence-electron chi connectivity index (χ1n) is 5.48. The minimum Gasteiger partial charge on any atom is -0.352 e. The Morgan fingerprint density at radius 1 is 1.53 bits per heavy atom. The van der Waals surface area contributed by atoms with Crippen molar-refractivity contribution in [3.63, 3.8) is 0 Å². The van der Waals surface area contributed by atoms with Crippen molar-refractivity contribution in [2.45, 2.75) is 32.7 Å². The van der Waals surface area contributed by atoms with Crippen molar-refractivity contribution in [3.8, 4) is 0 Å². The van der Waals surface area contributed by atoms with E-state index in [2.05, 4.69) is 10.4 Å². The second kappa shape index (κ2) is 6.61. The molecule has 0 spiro atoms. The summed E-state index contributed by atoms with van der Waals surface area (Å²) < 4.78 is 1.78. The molecule has 1 heterocycles. The fourth-order valence-corrected chi connectivity index (χ4v) is 1.21. The van der Waals surface area contributed by atoms with Crippen LogP contribution in [0.25, 0.3) is 0 Å². The SMILES string of the molecule is CC(C)(C)n1cc(C(=O)NCCCN)cn1.Cl. The Morgan fingerprint density at radius 3 is 2.65 bits per heavy atom. The van der Waals surface area contributed by atoms with Crippen LogP contribution in [0.3, 0.4) is 0 Å². The number of hydrogen-bond donors (Lipinski definition) is 2. The van der Waals surface area contributed by atoms with Gasteiger partial charge in [-0.3, -0.25) is 9.48 Å². The molecule has 1 rings (SSSR count). The molecule has 6 heteroatoms. The molecule has 1 amide bonds. The van der Waals surface area contributed by atoms with E-state index in [4.69, 9.17) is 5.73 Å². The van der Waals surface area contributed by atoms with Crippen LogP contribution < -0.4 is 11.1 Å². The number of halogens is 1. The third-order valence-electron chi connectivity index (χ3n) is 2.20. The van der Waals surface area contributed by atoms with Gasteiger partial charge in [0.2, 0.25) is 0 Å². The quantitative estimate of drug-likeness (QED) is 0.798. The smallest absolute Gasteiger partial charge is 0.254 e. The average molecular weight is 261 g/mol. The lowest BCUT2D eigenvalue weighted by Crippen LogP contribution is -2.26. The van der Waals surface area contributed by atoms with Crippen molar-refractivity contribution in [1.29, 1.82) is 0 Å². The lowest BCUT2D eigenvalue weighted by atomic mass is 10.1. The normalized spacial score (nSPS) is 10.8. The Kier molecular flexibility index (Phi) is 6.20. The summed E-state index contributed by atoms with van der Waals surface area (Å²) in [5.74, 6) is -0.0936. The molecule has 0 aliphatic rings. The van der Waals surface area contributed by atoms with E-state index < -0.39 is 0 Å². The molecule has 0 aliphatic carbocycles. The molecule has 0 saturated heterocycles. The molecule has 0 bridgehead atoms. The number of hydrogen-bond acceptors (Lipinski definition) is 3. The fourth-order valence-electron chi connectivity index (χ4n) is 1.21. The third kappa shape index (κ3) is 4.75. The minimum atomic E-state index is -0.101. The van der Waals surface area contributed by atoms with E-state index in [1.54, 1.807) is 17.1 Å². The standard InChI is InChI=1S/C11H20N4O.ClH/c1-11(2,3)15-8-9(7-14-15)10(16)13-6-4-5-12;/h7-8H,4-6,12H2,1-3H3,(H,13,16);1H. The topological polar surface area (TPSA) is 72.9 Å². The molecule has 0 radical (unpaired) electrons. The van der Waals surface area contributed by atoms with Gasteiger partial charge in [-0.2, -0.15) is 5.10 Å². The van der Waals surface area contributed by atoms with Crippen molar-refractivity contribution < 1.29 is 4.79 Å². The molecule has 3 N–H and O–H groups in total. The zero-order chi connectivity index (χ0) is 12.2. The Hall–Kier alpha value is -1.07. The highest BCUT2D eigenvalue weighted by atomic mass is 35.5. The van der Waals surface area contributed by atoms with Crippen molar-refractivity contribution in [3.05, 3.63) is 18.0 Å². The molecule has 0 atom stereocenters. The van der Waals surface area contributed by atoms with Gasteiger partial charge >= 0.3 is 0 Å². The van der Waals surface area contributed by atoms with E-state index in [1.807, 2.05) is 20.8 Å². The number of nitrogens with one attached hydrogen (secondary N) is 1. The second-order valence-electron chi connectivity index (χ2n) is 4.74. The molecule has 0 aromatic carbocycles. The number of amides is 1. The minimum absolute atomic E-state index is 0. The van der Waals surface area contributed by atoms with E-state index in [0.29, 0.717) is 18.7 Å². The first-order chi connectivity index (χ1) is 7.45. The maximum Gasteiger partial charge on any atom is 0.254 e. The second-order valence-corrected chi connectivity index (χ2v) is 4.74. The van der Waals surface area contributed by atoms with Crippen LogP contribution in [0.2, 0.25) is 0 Å². The van der Waals surface area contributed by atoms with E-state index >= 15 is 0 Å². The summed E-state index contributed by atoms with van der Waals surface area (Å²) in [5, 5.41) is 6.96. The van der Waals surface area contributed by atoms with Crippen LogP contribution >= 0.6 is 12.4 Å². The molecule has 0 aliphatic heterocycles. The number of rotatable bonds is 4. The van der Waals surface area contributed by atoms with E-state index in [0.717, 1.165) is 6.42 Å². The van der Waals surface area contributed by atoms with E-state index in [-0.39, 0.29) is 23.9 Å². The van der Waals surface area contributed by atoms with Crippen LogP contribution in [-0.2, 0) is 5.54 Å². The monoisotopic (exact) mass is 260 g/mol. The van der Waals surface area contributed by atoms with Gasteiger partial charge in [0.05, 0.1) is 17.3 Å². The molecule has 5 nitrogen and oxygen atoms in total. The number of carbonyl (C=O) groups excluding carboxylic acids is 1. The zero-order valence-corrected chi connectivity index (χ0v) is 11.4. The number of carbonyl (C=O) groups is 1. The van der Waals surface area contributed by atoms with Gasteiger partial charge in [-0.25, -0.2) is 0 Å². The predicted octanol–water partition coefficient (Wildman–Crippen LogP) is 1.14. The van der Waals surface area contributed by atoms with E-state index in [9.17, 15) is 4.79 Å². The Labute approximate surface area is 108 Å². The highest BCUT2D eigenvalue weighted by Gasteiger charge is 2.16. The Morgan fingerprint density at radius 2 is 2.18 bits per heavy atom. The Bertz CT molecular complexity index is 357. The molecular weight excluding hydrogens is 240 g/mol. The van der Waals surface area contributed by atoms with E-state index in [1.165, 1.54) is 0 Å². The predicted molar refractivity (Wildman–Crippen MR) is 70.5 cm³/mol. The zero-order valence-electron chi connectivity index (χ0n) is 10.6. The highest BCUT2D eigenvalue weighted by Crippen LogP contribution is 2.12. The van der Waals surface area contributed by atoms with Gasteiger partial charge in [-0.15, -0.1) is 12.4 Å². The van der Waals surface area contributed by atoms with Crippen LogP contribution in [0, 0.1) is 0 Å². The molecule has 0 fully saturated rings. The van der Waals surface area contributed by atoms with Crippen molar-refractivity contribution in [2.75, 3.05) is 13.1 Å². The lowest BCUT2D eigenvalue weighted by Gasteiger charge is -2.18. The van der Waals surface area contributed by atoms with Gasteiger partial charge in [0.15, 0.2) is 0 Å². The van der Waals surface area contributed by atoms with Gasteiger partial charge in [0, 0.05) is 12.7 Å². The van der Waals surface area contributed by atoms with Crippen LogP contribution in [0.1, 0.15) is 37.6 Å². The number of nitrogens with zero attached hydrogens (tertiary/aromatic N) is 2. The number of nitrogens with two attached hydrogens (primary N) is 1. The molecular formula is C11H21ClN4O. The molecule has 98 valence electrons. The van der Waals surface area contributed by atoms with Crippen molar-refractivity contribution >= 4 is 18.3 Å². The van der Waals surface area contributed by atoms with Gasteiger partial charge in [0.25, 0.3) is 5.91 Å². The summed E-state index contributed by atoms with van der Waals surface area (Å²) in [4.78, 5) is 11.7. The van der Waals surface area contributed by atoms with Crippen LogP contribution in [-0.4, -0.2) is 28.8 Å². The summed E-state index contributed by atoms with van der Waals surface area (Å²) in [5.41, 5.74) is 5.84. The summed E-state index contributed by atoms with van der Waals surface area (Å²) in [6.07, 6.45) is 4.14. The summed E-state index contributed by atoms with van der Waals surface area (Å²) in [7, 11) is 0. The highest BCUT2D eigenvalue weighted by molar-refractivity contribution is 5.93. The van der Waals surface area contributed by atoms with Gasteiger partial charge in [-0.1, -0.05) is 0 Å². The fraction of sp³-hybridized carbons (Fsp3) is 0.636. The van der Waals surface area contributed by atoms with Crippen LogP contribution in [0.5, 0.6) is 0 Å². The largest absolute Gasteiger partial charge is 0.352 e. The molecule has 0 saturated carbocycles. The lowest BCUT2D eigenvalue weighted by molar-refractivity contribution is 0.0953. The summed E-state index contributed by atoms with van der Waals surface area (Å²) in [6, 6.07) is 0. The first-order valence-corrected chi connectivity index (χ1v) is 5.48. The maximum absolute atomic E-state index is 11.7. The Balaban J connectivity index is 0.00000256. The summed E-state index contributed by atoms with van der Waals surface area (Å²) in [6.45, 7) is 7.31. The van der Waals surface area contributed by atoms with Gasteiger partial charge < -0.3 is 11.1 Å². The number of aromatic nitrogens is 2. The van der Waals surface area contributed by atoms with Gasteiger partial charge in [-0.05, 0) is 33.7 Å². The van der Waals surface area contributed by atoms with Crippen molar-refractivity contribution in [2.24, 2.45) is 5.73 Å². The molecule has 1 aromatic rings. The maximum atomic E-state index is 11.7. The third-order valence-corrected chi connectivity index (χ3v) is 2.20.